The third-order valence-corrected chi connectivity index (χ3v) is 3.57. The molecule has 0 heterocycles. The predicted molar refractivity (Wildman–Crippen MR) is 90.4 cm³/mol. The van der Waals surface area contributed by atoms with Gasteiger partial charge in [0.05, 0.1) is 18.2 Å². The summed E-state index contributed by atoms with van der Waals surface area (Å²) in [5, 5.41) is 2.56. The monoisotopic (exact) mass is 366 g/mol. The van der Waals surface area contributed by atoms with Crippen LogP contribution in [0, 0.1) is 0 Å². The van der Waals surface area contributed by atoms with Crippen molar-refractivity contribution in [2.45, 2.75) is 6.18 Å². The summed E-state index contributed by atoms with van der Waals surface area (Å²) in [4.78, 5) is 25.8. The van der Waals surface area contributed by atoms with E-state index in [1.54, 1.807) is 14.1 Å². The van der Waals surface area contributed by atoms with E-state index in [0.717, 1.165) is 24.3 Å². The fourth-order valence-electron chi connectivity index (χ4n) is 2.21. The van der Waals surface area contributed by atoms with Gasteiger partial charge in [-0.05, 0) is 42.5 Å². The number of hydrogen-bond donors (Lipinski definition) is 1. The van der Waals surface area contributed by atoms with Crippen LogP contribution in [0.4, 0.5) is 18.9 Å². The number of rotatable bonds is 4. The van der Waals surface area contributed by atoms with E-state index in [0.29, 0.717) is 11.4 Å². The van der Waals surface area contributed by atoms with Gasteiger partial charge in [0.25, 0.3) is 11.8 Å². The second-order valence-corrected chi connectivity index (χ2v) is 5.64. The van der Waals surface area contributed by atoms with E-state index >= 15 is 0 Å². The van der Waals surface area contributed by atoms with Gasteiger partial charge in [-0.15, -0.1) is 0 Å². The quantitative estimate of drug-likeness (QED) is 0.898. The van der Waals surface area contributed by atoms with Crippen molar-refractivity contribution in [1.82, 2.24) is 4.90 Å². The first kappa shape index (κ1) is 19.3. The molecule has 2 aromatic carbocycles. The Bertz CT molecular complexity index is 815. The third kappa shape index (κ3) is 4.33. The van der Waals surface area contributed by atoms with Gasteiger partial charge in [-0.25, -0.2) is 0 Å². The number of amides is 2. The van der Waals surface area contributed by atoms with Crippen LogP contribution in [-0.4, -0.2) is 37.9 Å². The summed E-state index contributed by atoms with van der Waals surface area (Å²) >= 11 is 0. The van der Waals surface area contributed by atoms with Crippen LogP contribution in [-0.2, 0) is 6.18 Å². The van der Waals surface area contributed by atoms with Crippen LogP contribution in [0.3, 0.4) is 0 Å². The highest BCUT2D eigenvalue weighted by molar-refractivity contribution is 6.05. The number of hydrogen-bond acceptors (Lipinski definition) is 3. The fraction of sp³-hybridized carbons (Fsp3) is 0.222. The molecule has 2 rings (SSSR count). The van der Waals surface area contributed by atoms with Gasteiger partial charge >= 0.3 is 6.18 Å². The summed E-state index contributed by atoms with van der Waals surface area (Å²) in [6.07, 6.45) is -4.47. The van der Waals surface area contributed by atoms with Gasteiger partial charge in [0.1, 0.15) is 5.75 Å². The number of nitrogens with zero attached hydrogens (tertiary/aromatic N) is 1. The molecule has 0 saturated heterocycles. The number of carbonyl (C=O) groups excluding carboxylic acids is 2. The number of nitrogens with one attached hydrogen (secondary N) is 1. The zero-order valence-corrected chi connectivity index (χ0v) is 14.3. The number of methoxy groups -OCH3 is 1. The molecule has 0 fully saturated rings. The number of halogens is 3. The topological polar surface area (TPSA) is 58.6 Å². The Labute approximate surface area is 148 Å². The second-order valence-electron chi connectivity index (χ2n) is 5.64. The maximum Gasteiger partial charge on any atom is 0.416 e. The molecule has 8 heteroatoms. The lowest BCUT2D eigenvalue weighted by Crippen LogP contribution is -2.22. The van der Waals surface area contributed by atoms with Crippen molar-refractivity contribution in [2.75, 3.05) is 26.5 Å². The zero-order chi connectivity index (χ0) is 19.5. The van der Waals surface area contributed by atoms with Crippen LogP contribution in [0.25, 0.3) is 0 Å². The van der Waals surface area contributed by atoms with Crippen molar-refractivity contribution in [1.29, 1.82) is 0 Å². The van der Waals surface area contributed by atoms with Crippen LogP contribution >= 0.6 is 0 Å². The molecule has 0 bridgehead atoms. The summed E-state index contributed by atoms with van der Waals surface area (Å²) in [6, 6.07) is 8.37. The predicted octanol–water partition coefficient (Wildman–Crippen LogP) is 3.67. The Kier molecular flexibility index (Phi) is 5.54. The van der Waals surface area contributed by atoms with Gasteiger partial charge in [0, 0.05) is 25.3 Å². The molecule has 2 amide bonds. The molecule has 1 N–H and O–H groups in total. The molecule has 138 valence electrons. The van der Waals surface area contributed by atoms with Crippen LogP contribution in [0.5, 0.6) is 5.75 Å². The van der Waals surface area contributed by atoms with Gasteiger partial charge < -0.3 is 15.0 Å². The van der Waals surface area contributed by atoms with E-state index in [1.165, 1.54) is 30.2 Å². The first-order valence-corrected chi connectivity index (χ1v) is 7.52. The Morgan fingerprint density at radius 3 is 2.15 bits per heavy atom. The van der Waals surface area contributed by atoms with E-state index in [2.05, 4.69) is 5.32 Å². The molecule has 0 saturated carbocycles. The number of carbonyl (C=O) groups is 2. The van der Waals surface area contributed by atoms with E-state index < -0.39 is 17.6 Å². The molecule has 0 spiro atoms. The molecular formula is C18H17F3N2O3. The number of alkyl halides is 3. The molecule has 0 aromatic heterocycles. The van der Waals surface area contributed by atoms with Gasteiger partial charge in [-0.3, -0.25) is 9.59 Å². The summed E-state index contributed by atoms with van der Waals surface area (Å²) in [5.41, 5.74) is -0.199. The van der Waals surface area contributed by atoms with Crippen molar-refractivity contribution >= 4 is 17.5 Å². The molecule has 0 aliphatic heterocycles. The number of anilines is 1. The van der Waals surface area contributed by atoms with Gasteiger partial charge in [0.2, 0.25) is 0 Å². The molecule has 5 nitrogen and oxygen atoms in total. The first-order chi connectivity index (χ1) is 12.1. The molecule has 0 unspecified atom stereocenters. The average molecular weight is 366 g/mol. The average Bonchev–Trinajstić information content (AvgIpc) is 2.60. The van der Waals surface area contributed by atoms with Crippen LogP contribution < -0.4 is 10.1 Å². The lowest BCUT2D eigenvalue weighted by Gasteiger charge is -2.15. The first-order valence-electron chi connectivity index (χ1n) is 7.52. The summed E-state index contributed by atoms with van der Waals surface area (Å²) < 4.78 is 42.9. The minimum atomic E-state index is -4.47. The minimum absolute atomic E-state index is 0.0642. The Morgan fingerprint density at radius 2 is 1.65 bits per heavy atom. The molecule has 0 atom stereocenters. The van der Waals surface area contributed by atoms with Crippen LogP contribution in [0.2, 0.25) is 0 Å². The maximum atomic E-state index is 12.6. The highest BCUT2D eigenvalue weighted by Crippen LogP contribution is 2.29. The normalized spacial score (nSPS) is 11.0. The largest absolute Gasteiger partial charge is 0.496 e. The Hall–Kier alpha value is -3.03. The van der Waals surface area contributed by atoms with Crippen molar-refractivity contribution in [3.05, 3.63) is 59.2 Å². The summed E-state index contributed by atoms with van der Waals surface area (Å²) in [7, 11) is 4.58. The van der Waals surface area contributed by atoms with Crippen LogP contribution in [0.1, 0.15) is 26.3 Å². The molecule has 0 radical (unpaired) electrons. The molecular weight excluding hydrogens is 349 g/mol. The minimum Gasteiger partial charge on any atom is -0.496 e. The molecule has 0 aliphatic carbocycles. The second kappa shape index (κ2) is 7.47. The number of benzene rings is 2. The number of ether oxygens (including phenoxy) is 1. The van der Waals surface area contributed by atoms with Crippen molar-refractivity contribution < 1.29 is 27.5 Å². The fourth-order valence-corrected chi connectivity index (χ4v) is 2.21. The Morgan fingerprint density at radius 1 is 1.04 bits per heavy atom. The molecule has 26 heavy (non-hydrogen) atoms. The smallest absolute Gasteiger partial charge is 0.416 e. The van der Waals surface area contributed by atoms with E-state index in [-0.39, 0.29) is 17.0 Å². The zero-order valence-electron chi connectivity index (χ0n) is 14.3. The SMILES string of the molecule is COc1ccc(NC(=O)c2ccc(C(F)(F)F)cc2)cc1C(=O)N(C)C. The van der Waals surface area contributed by atoms with Gasteiger partial charge in [-0.2, -0.15) is 13.2 Å². The Balaban J connectivity index is 2.24. The molecule has 2 aromatic rings. The van der Waals surface area contributed by atoms with Crippen molar-refractivity contribution in [3.8, 4) is 5.75 Å². The van der Waals surface area contributed by atoms with E-state index in [9.17, 15) is 22.8 Å². The lowest BCUT2D eigenvalue weighted by molar-refractivity contribution is -0.137. The maximum absolute atomic E-state index is 12.6. The highest BCUT2D eigenvalue weighted by atomic mass is 19.4. The van der Waals surface area contributed by atoms with Gasteiger partial charge in [-0.1, -0.05) is 0 Å². The van der Waals surface area contributed by atoms with Gasteiger partial charge in [0.15, 0.2) is 0 Å². The molecule has 0 aliphatic rings. The van der Waals surface area contributed by atoms with Crippen LogP contribution in [0.15, 0.2) is 42.5 Å². The highest BCUT2D eigenvalue weighted by Gasteiger charge is 2.30. The third-order valence-electron chi connectivity index (χ3n) is 3.57. The summed E-state index contributed by atoms with van der Waals surface area (Å²) in [5.74, 6) is -0.559. The van der Waals surface area contributed by atoms with Crippen molar-refractivity contribution in [3.63, 3.8) is 0 Å². The van der Waals surface area contributed by atoms with E-state index in [1.807, 2.05) is 0 Å². The summed E-state index contributed by atoms with van der Waals surface area (Å²) in [6.45, 7) is 0. The standard InChI is InChI=1S/C18H17F3N2O3/c1-23(2)17(25)14-10-13(8-9-15(14)26-3)22-16(24)11-4-6-12(7-5-11)18(19,20)21/h4-10H,1-3H3,(H,22,24). The van der Waals surface area contributed by atoms with E-state index in [4.69, 9.17) is 4.74 Å². The van der Waals surface area contributed by atoms with Crippen molar-refractivity contribution in [2.24, 2.45) is 0 Å². The lowest BCUT2D eigenvalue weighted by atomic mass is 10.1.